The maximum Gasteiger partial charge on any atom is 0.181 e. The summed E-state index contributed by atoms with van der Waals surface area (Å²) in [6.45, 7) is 2.28. The molecule has 0 spiro atoms. The molecule has 0 radical (unpaired) electrons. The molecule has 0 saturated carbocycles. The molecule has 4 rings (SSSR count). The molecular weight excluding hydrogens is 477 g/mol. The molecule has 0 amide bonds. The second-order valence-corrected chi connectivity index (χ2v) is 10.6. The Morgan fingerprint density at radius 1 is 1.06 bits per heavy atom. The van der Waals surface area contributed by atoms with E-state index in [-0.39, 0.29) is 10.5 Å². The highest BCUT2D eigenvalue weighted by atomic mass is 35.5. The highest BCUT2D eigenvalue weighted by Crippen LogP contribution is 2.34. The van der Waals surface area contributed by atoms with Crippen LogP contribution in [0.15, 0.2) is 71.9 Å². The molecular formula is C25H23ClFN3O3S. The van der Waals surface area contributed by atoms with Gasteiger partial charge in [-0.1, -0.05) is 29.8 Å². The molecule has 3 aromatic carbocycles. The predicted molar refractivity (Wildman–Crippen MR) is 132 cm³/mol. The predicted octanol–water partition coefficient (Wildman–Crippen LogP) is 5.65. The normalized spacial score (nSPS) is 12.6. The number of nitrogens with one attached hydrogen (secondary N) is 1. The lowest BCUT2D eigenvalue weighted by Gasteiger charge is -2.14. The molecule has 0 aliphatic rings. The van der Waals surface area contributed by atoms with E-state index in [0.717, 1.165) is 0 Å². The monoisotopic (exact) mass is 499 g/mol. The molecule has 4 aromatic rings. The summed E-state index contributed by atoms with van der Waals surface area (Å²) in [7, 11) is -1.74. The summed E-state index contributed by atoms with van der Waals surface area (Å²) in [5, 5.41) is 3.46. The lowest BCUT2D eigenvalue weighted by atomic mass is 10.1. The van der Waals surface area contributed by atoms with E-state index in [9.17, 15) is 12.8 Å². The lowest BCUT2D eigenvalue weighted by molar-refractivity contribution is 0.479. The lowest BCUT2D eigenvalue weighted by Crippen LogP contribution is -2.23. The Bertz CT molecular complexity index is 1450. The Hall–Kier alpha value is -3.07. The van der Waals surface area contributed by atoms with Gasteiger partial charge in [-0.25, -0.2) is 22.8 Å². The average Bonchev–Trinajstić information content (AvgIpc) is 2.84. The highest BCUT2D eigenvalue weighted by Gasteiger charge is 2.23. The molecule has 9 heteroatoms. The largest absolute Gasteiger partial charge is 0.457 e. The first-order chi connectivity index (χ1) is 16.3. The van der Waals surface area contributed by atoms with E-state index in [4.69, 9.17) is 16.3 Å². The van der Waals surface area contributed by atoms with Crippen LogP contribution in [0.3, 0.4) is 0 Å². The van der Waals surface area contributed by atoms with E-state index in [0.29, 0.717) is 46.1 Å². The first kappa shape index (κ1) is 24.1. The van der Waals surface area contributed by atoms with Crippen molar-refractivity contribution < 1.29 is 17.5 Å². The molecule has 1 unspecified atom stereocenters. The van der Waals surface area contributed by atoms with Gasteiger partial charge in [-0.05, 0) is 69.4 Å². The zero-order valence-corrected chi connectivity index (χ0v) is 20.2. The SMILES string of the molecule is CNCCC(C)S(=O)(=O)c1cccc(Oc2ccc(F)c(-c3ncnc4c(Cl)cccc34)c2)c1. The van der Waals surface area contributed by atoms with Gasteiger partial charge in [-0.15, -0.1) is 0 Å². The number of ether oxygens (including phenoxy) is 1. The van der Waals surface area contributed by atoms with Gasteiger partial charge in [0.05, 0.1) is 26.4 Å². The van der Waals surface area contributed by atoms with Crippen LogP contribution >= 0.6 is 11.6 Å². The summed E-state index contributed by atoms with van der Waals surface area (Å²) in [5.74, 6) is 0.181. The van der Waals surface area contributed by atoms with E-state index in [1.807, 2.05) is 0 Å². The van der Waals surface area contributed by atoms with Crippen molar-refractivity contribution in [2.45, 2.75) is 23.5 Å². The zero-order valence-electron chi connectivity index (χ0n) is 18.6. The minimum Gasteiger partial charge on any atom is -0.457 e. The van der Waals surface area contributed by atoms with Crippen LogP contribution in [-0.2, 0) is 9.84 Å². The third kappa shape index (κ3) is 4.89. The topological polar surface area (TPSA) is 81.2 Å². The Kier molecular flexibility index (Phi) is 7.11. The van der Waals surface area contributed by atoms with Gasteiger partial charge in [-0.3, -0.25) is 0 Å². The van der Waals surface area contributed by atoms with Crippen LogP contribution in [0.4, 0.5) is 4.39 Å². The summed E-state index contributed by atoms with van der Waals surface area (Å²) in [4.78, 5) is 8.64. The third-order valence-electron chi connectivity index (χ3n) is 5.51. The second-order valence-electron chi connectivity index (χ2n) is 7.82. The highest BCUT2D eigenvalue weighted by molar-refractivity contribution is 7.92. The van der Waals surface area contributed by atoms with Crippen LogP contribution < -0.4 is 10.1 Å². The van der Waals surface area contributed by atoms with Crippen molar-refractivity contribution >= 4 is 32.3 Å². The number of fused-ring (bicyclic) bond motifs is 1. The smallest absolute Gasteiger partial charge is 0.181 e. The van der Waals surface area contributed by atoms with Crippen LogP contribution in [-0.4, -0.2) is 37.2 Å². The van der Waals surface area contributed by atoms with Gasteiger partial charge < -0.3 is 10.1 Å². The van der Waals surface area contributed by atoms with Crippen molar-refractivity contribution in [3.63, 3.8) is 0 Å². The van der Waals surface area contributed by atoms with Gasteiger partial charge in [-0.2, -0.15) is 0 Å². The second kappa shape index (κ2) is 10.0. The maximum atomic E-state index is 14.8. The van der Waals surface area contributed by atoms with Crippen molar-refractivity contribution in [1.29, 1.82) is 0 Å². The van der Waals surface area contributed by atoms with Crippen molar-refractivity contribution in [2.24, 2.45) is 0 Å². The molecule has 0 aliphatic heterocycles. The molecule has 1 heterocycles. The van der Waals surface area contributed by atoms with E-state index >= 15 is 0 Å². The molecule has 176 valence electrons. The summed E-state index contributed by atoms with van der Waals surface area (Å²) >= 11 is 6.24. The van der Waals surface area contributed by atoms with Crippen LogP contribution in [0.1, 0.15) is 13.3 Å². The van der Waals surface area contributed by atoms with Gasteiger partial charge in [0.2, 0.25) is 0 Å². The van der Waals surface area contributed by atoms with Crippen molar-refractivity contribution in [3.05, 3.63) is 77.8 Å². The summed E-state index contributed by atoms with van der Waals surface area (Å²) in [5.41, 5.74) is 1.12. The quantitative estimate of drug-likeness (QED) is 0.337. The Balaban J connectivity index is 1.67. The number of aromatic nitrogens is 2. The number of para-hydroxylation sites is 1. The van der Waals surface area contributed by atoms with Crippen molar-refractivity contribution in [3.8, 4) is 22.8 Å². The number of hydrogen-bond donors (Lipinski definition) is 1. The fourth-order valence-corrected chi connectivity index (χ4v) is 5.27. The van der Waals surface area contributed by atoms with Crippen LogP contribution in [0.2, 0.25) is 5.02 Å². The van der Waals surface area contributed by atoms with Crippen LogP contribution in [0.5, 0.6) is 11.5 Å². The average molecular weight is 500 g/mol. The Morgan fingerprint density at radius 2 is 1.82 bits per heavy atom. The van der Waals surface area contributed by atoms with Crippen LogP contribution in [0.25, 0.3) is 22.2 Å². The minimum atomic E-state index is -3.52. The standard InChI is InChI=1S/C25H23ClFN3O3S/c1-16(11-12-28-2)34(31,32)19-6-3-5-17(13-19)33-18-9-10-23(27)21(14-18)24-20-7-4-8-22(26)25(20)30-15-29-24/h3-10,13-16,28H,11-12H2,1-2H3. The van der Waals surface area contributed by atoms with Gasteiger partial charge >= 0.3 is 0 Å². The van der Waals surface area contributed by atoms with E-state index in [1.54, 1.807) is 50.4 Å². The molecule has 34 heavy (non-hydrogen) atoms. The van der Waals surface area contributed by atoms with E-state index in [2.05, 4.69) is 15.3 Å². The molecule has 0 aliphatic carbocycles. The van der Waals surface area contributed by atoms with Crippen LogP contribution in [0, 0.1) is 5.82 Å². The minimum absolute atomic E-state index is 0.173. The molecule has 6 nitrogen and oxygen atoms in total. The maximum absolute atomic E-state index is 14.8. The molecule has 1 N–H and O–H groups in total. The number of halogens is 2. The first-order valence-corrected chi connectivity index (χ1v) is 12.6. The molecule has 0 fully saturated rings. The zero-order chi connectivity index (χ0) is 24.3. The summed E-state index contributed by atoms with van der Waals surface area (Å²) in [6, 6.07) is 15.8. The summed E-state index contributed by atoms with van der Waals surface area (Å²) < 4.78 is 46.6. The molecule has 1 aromatic heterocycles. The van der Waals surface area contributed by atoms with Crippen molar-refractivity contribution in [1.82, 2.24) is 15.3 Å². The third-order valence-corrected chi connectivity index (χ3v) is 8.02. The molecule has 1 atom stereocenters. The number of nitrogens with zero attached hydrogens (tertiary/aromatic N) is 2. The Morgan fingerprint density at radius 3 is 2.62 bits per heavy atom. The van der Waals surface area contributed by atoms with Gasteiger partial charge in [0.25, 0.3) is 0 Å². The molecule has 0 saturated heterocycles. The fourth-order valence-electron chi connectivity index (χ4n) is 3.60. The van der Waals surface area contributed by atoms with Gasteiger partial charge in [0.15, 0.2) is 9.84 Å². The number of rotatable bonds is 8. The van der Waals surface area contributed by atoms with Crippen molar-refractivity contribution in [2.75, 3.05) is 13.6 Å². The van der Waals surface area contributed by atoms with E-state index < -0.39 is 20.9 Å². The van der Waals surface area contributed by atoms with Gasteiger partial charge in [0.1, 0.15) is 23.6 Å². The van der Waals surface area contributed by atoms with E-state index in [1.165, 1.54) is 30.6 Å². The number of sulfone groups is 1. The Labute approximate surface area is 202 Å². The van der Waals surface area contributed by atoms with Gasteiger partial charge in [0, 0.05) is 10.9 Å². The first-order valence-electron chi connectivity index (χ1n) is 10.7. The summed E-state index contributed by atoms with van der Waals surface area (Å²) in [6.07, 6.45) is 1.82. The number of benzene rings is 3. The fraction of sp³-hybridized carbons (Fsp3) is 0.200. The molecule has 0 bridgehead atoms. The number of hydrogen-bond acceptors (Lipinski definition) is 6.